The third-order valence-corrected chi connectivity index (χ3v) is 3.84. The molecule has 0 aromatic heterocycles. The van der Waals surface area contributed by atoms with E-state index < -0.39 is 23.2 Å². The molecule has 1 aliphatic heterocycles. The number of nitrogens with one attached hydrogen (secondary N) is 1. The number of hydrogen-bond donors (Lipinski definition) is 3. The summed E-state index contributed by atoms with van der Waals surface area (Å²) >= 11 is 3.17. The molecule has 1 aromatic rings. The van der Waals surface area contributed by atoms with Gasteiger partial charge in [-0.2, -0.15) is 0 Å². The Bertz CT molecular complexity index is 568. The summed E-state index contributed by atoms with van der Waals surface area (Å²) in [7, 11) is 0. The van der Waals surface area contributed by atoms with Gasteiger partial charge in [0.1, 0.15) is 5.69 Å². The minimum absolute atomic E-state index is 0.0165. The molecule has 1 heterocycles. The van der Waals surface area contributed by atoms with E-state index in [1.165, 1.54) is 6.07 Å². The Balaban J connectivity index is 2.12. The minimum Gasteiger partial charge on any atom is -0.465 e. The zero-order valence-corrected chi connectivity index (χ0v) is 12.5. The lowest BCUT2D eigenvalue weighted by molar-refractivity contribution is -0.384. The molecule has 2 atom stereocenters. The summed E-state index contributed by atoms with van der Waals surface area (Å²) in [4.78, 5) is 22.5. The van der Waals surface area contributed by atoms with Gasteiger partial charge < -0.3 is 20.4 Å². The van der Waals surface area contributed by atoms with Gasteiger partial charge in [-0.15, -0.1) is 0 Å². The van der Waals surface area contributed by atoms with Crippen molar-refractivity contribution in [2.75, 3.05) is 18.4 Å². The number of carbonyl (C=O) groups is 1. The number of rotatable bonds is 3. The predicted octanol–water partition coefficient (Wildman–Crippen LogP) is 1.88. The van der Waals surface area contributed by atoms with Crippen LogP contribution in [0.4, 0.5) is 16.2 Å². The van der Waals surface area contributed by atoms with Gasteiger partial charge in [0.25, 0.3) is 5.69 Å². The molecule has 0 aliphatic carbocycles. The van der Waals surface area contributed by atoms with Crippen molar-refractivity contribution in [1.82, 2.24) is 4.90 Å². The first-order valence-corrected chi connectivity index (χ1v) is 7.04. The Hall–Kier alpha value is -1.87. The quantitative estimate of drug-likeness (QED) is 0.560. The van der Waals surface area contributed by atoms with Crippen molar-refractivity contribution in [2.45, 2.75) is 18.6 Å². The number of aliphatic hydroxyl groups is 1. The van der Waals surface area contributed by atoms with E-state index in [4.69, 9.17) is 5.11 Å². The van der Waals surface area contributed by atoms with E-state index in [9.17, 15) is 20.0 Å². The van der Waals surface area contributed by atoms with Gasteiger partial charge >= 0.3 is 6.09 Å². The van der Waals surface area contributed by atoms with E-state index in [-0.39, 0.29) is 18.8 Å². The second-order valence-corrected chi connectivity index (χ2v) is 5.67. The molecule has 0 bridgehead atoms. The second kappa shape index (κ2) is 6.27. The third kappa shape index (κ3) is 3.61. The van der Waals surface area contributed by atoms with E-state index in [1.807, 2.05) is 0 Å². The minimum atomic E-state index is -1.08. The molecule has 1 saturated heterocycles. The SMILES string of the molecule is O=C(O)N1CC[C@H](Nc2ccc(Br)cc2[N+](=O)[O-])[C@@H](O)C1. The lowest BCUT2D eigenvalue weighted by Gasteiger charge is -2.35. The Morgan fingerprint density at radius 3 is 2.81 bits per heavy atom. The van der Waals surface area contributed by atoms with Crippen LogP contribution in [0.25, 0.3) is 0 Å². The van der Waals surface area contributed by atoms with Crippen molar-refractivity contribution in [3.63, 3.8) is 0 Å². The summed E-state index contributed by atoms with van der Waals surface area (Å²) in [5.74, 6) is 0. The lowest BCUT2D eigenvalue weighted by atomic mass is 10.0. The standard InChI is InChI=1S/C12H14BrN3O5/c13-7-1-2-8(10(5-7)16(20)21)14-9-3-4-15(12(18)19)6-11(9)17/h1-2,5,9,11,14,17H,3-4,6H2,(H,18,19)/t9-,11-/m0/s1. The van der Waals surface area contributed by atoms with Crippen LogP contribution in [0.2, 0.25) is 0 Å². The van der Waals surface area contributed by atoms with Gasteiger partial charge in [0.2, 0.25) is 0 Å². The summed E-state index contributed by atoms with van der Waals surface area (Å²) in [5.41, 5.74) is 0.202. The van der Waals surface area contributed by atoms with Crippen molar-refractivity contribution >= 4 is 33.4 Å². The van der Waals surface area contributed by atoms with Crippen LogP contribution in [0.5, 0.6) is 0 Å². The van der Waals surface area contributed by atoms with Crippen LogP contribution in [0.1, 0.15) is 6.42 Å². The number of piperidine rings is 1. The molecule has 2 rings (SSSR count). The highest BCUT2D eigenvalue weighted by atomic mass is 79.9. The number of nitro benzene ring substituents is 1. The molecule has 9 heteroatoms. The molecule has 3 N–H and O–H groups in total. The van der Waals surface area contributed by atoms with E-state index in [2.05, 4.69) is 21.2 Å². The van der Waals surface area contributed by atoms with Crippen LogP contribution in [-0.4, -0.2) is 51.4 Å². The van der Waals surface area contributed by atoms with Crippen molar-refractivity contribution in [3.05, 3.63) is 32.8 Å². The second-order valence-electron chi connectivity index (χ2n) is 4.75. The number of nitro groups is 1. The lowest BCUT2D eigenvalue weighted by Crippen LogP contribution is -2.51. The van der Waals surface area contributed by atoms with E-state index >= 15 is 0 Å². The molecule has 0 radical (unpaired) electrons. The topological polar surface area (TPSA) is 116 Å². The van der Waals surface area contributed by atoms with Gasteiger partial charge in [0, 0.05) is 17.1 Å². The van der Waals surface area contributed by atoms with Crippen LogP contribution >= 0.6 is 15.9 Å². The normalized spacial score (nSPS) is 21.9. The fourth-order valence-electron chi connectivity index (χ4n) is 2.25. The molecule has 1 aromatic carbocycles. The number of benzene rings is 1. The molecule has 0 saturated carbocycles. The average molecular weight is 360 g/mol. The van der Waals surface area contributed by atoms with Crippen molar-refractivity contribution in [3.8, 4) is 0 Å². The molecule has 0 spiro atoms. The van der Waals surface area contributed by atoms with Gasteiger partial charge in [-0.1, -0.05) is 15.9 Å². The van der Waals surface area contributed by atoms with Gasteiger partial charge in [-0.25, -0.2) is 4.79 Å². The van der Waals surface area contributed by atoms with Crippen LogP contribution in [0.15, 0.2) is 22.7 Å². The number of likely N-dealkylation sites (tertiary alicyclic amines) is 1. The summed E-state index contributed by atoms with van der Waals surface area (Å²) in [6, 6.07) is 4.16. The molecule has 1 aliphatic rings. The Morgan fingerprint density at radius 2 is 2.24 bits per heavy atom. The summed E-state index contributed by atoms with van der Waals surface area (Å²) < 4.78 is 0.584. The molecule has 1 fully saturated rings. The van der Waals surface area contributed by atoms with Crippen molar-refractivity contribution in [2.24, 2.45) is 0 Å². The smallest absolute Gasteiger partial charge is 0.407 e. The van der Waals surface area contributed by atoms with Crippen LogP contribution < -0.4 is 5.32 Å². The van der Waals surface area contributed by atoms with Crippen LogP contribution in [-0.2, 0) is 0 Å². The highest BCUT2D eigenvalue weighted by Gasteiger charge is 2.31. The fourth-order valence-corrected chi connectivity index (χ4v) is 2.60. The van der Waals surface area contributed by atoms with E-state index in [0.717, 1.165) is 4.90 Å². The summed E-state index contributed by atoms with van der Waals surface area (Å²) in [6.07, 6.45) is -1.62. The van der Waals surface area contributed by atoms with Crippen molar-refractivity contribution in [1.29, 1.82) is 0 Å². The van der Waals surface area contributed by atoms with Gasteiger partial charge in [-0.3, -0.25) is 10.1 Å². The predicted molar refractivity (Wildman–Crippen MR) is 78.4 cm³/mol. The first-order valence-electron chi connectivity index (χ1n) is 6.25. The third-order valence-electron chi connectivity index (χ3n) is 3.35. The molecule has 1 amide bonds. The molecular formula is C12H14BrN3O5. The van der Waals surface area contributed by atoms with Gasteiger partial charge in [0.05, 0.1) is 23.6 Å². The molecular weight excluding hydrogens is 346 g/mol. The maximum absolute atomic E-state index is 11.0. The maximum atomic E-state index is 11.0. The number of nitrogens with zero attached hydrogens (tertiary/aromatic N) is 2. The van der Waals surface area contributed by atoms with Crippen molar-refractivity contribution < 1.29 is 19.9 Å². The molecule has 8 nitrogen and oxygen atoms in total. The van der Waals surface area contributed by atoms with Crippen LogP contribution in [0.3, 0.4) is 0 Å². The number of β-amino-alcohol motifs (C(OH)–C–C–N with tert-alkyl or cyclic N) is 1. The summed E-state index contributed by atoms with van der Waals surface area (Å²) in [5, 5.41) is 32.8. The highest BCUT2D eigenvalue weighted by molar-refractivity contribution is 9.10. The number of aliphatic hydroxyl groups excluding tert-OH is 1. The monoisotopic (exact) mass is 359 g/mol. The van der Waals surface area contributed by atoms with Crippen LogP contribution in [0, 0.1) is 10.1 Å². The highest BCUT2D eigenvalue weighted by Crippen LogP contribution is 2.29. The van der Waals surface area contributed by atoms with E-state index in [1.54, 1.807) is 12.1 Å². The average Bonchev–Trinajstić information content (AvgIpc) is 2.42. The first-order chi connectivity index (χ1) is 9.88. The van der Waals surface area contributed by atoms with E-state index in [0.29, 0.717) is 16.6 Å². The molecule has 0 unspecified atom stereocenters. The molecule has 114 valence electrons. The number of amides is 1. The van der Waals surface area contributed by atoms with Gasteiger partial charge in [0.15, 0.2) is 0 Å². The largest absolute Gasteiger partial charge is 0.465 e. The molecule has 21 heavy (non-hydrogen) atoms. The number of carboxylic acid groups (broad SMARTS) is 1. The summed E-state index contributed by atoms with van der Waals surface area (Å²) in [6.45, 7) is 0.256. The first kappa shape index (κ1) is 15.5. The Kier molecular flexibility index (Phi) is 4.63. The number of hydrogen-bond acceptors (Lipinski definition) is 5. The Labute approximate surface area is 128 Å². The maximum Gasteiger partial charge on any atom is 0.407 e. The number of anilines is 1. The zero-order chi connectivity index (χ0) is 15.6. The zero-order valence-electron chi connectivity index (χ0n) is 10.9. The van der Waals surface area contributed by atoms with Gasteiger partial charge in [-0.05, 0) is 18.6 Å². The Morgan fingerprint density at radius 1 is 1.52 bits per heavy atom. The fraction of sp³-hybridized carbons (Fsp3) is 0.417. The number of halogens is 1.